The lowest BCUT2D eigenvalue weighted by Gasteiger charge is -2.20. The quantitative estimate of drug-likeness (QED) is 0.849. The van der Waals surface area contributed by atoms with E-state index < -0.39 is 0 Å². The zero-order chi connectivity index (χ0) is 15.2. The Morgan fingerprint density at radius 1 is 1.52 bits per heavy atom. The van der Waals surface area contributed by atoms with Crippen molar-refractivity contribution in [3.8, 4) is 0 Å². The minimum Gasteiger partial charge on any atom is -0.383 e. The standard InChI is InChI=1S/C14H19N3O2S2/c1-10(15)13-16-12(9-21-13)14(18)17(5-6-19-2)8-11-4-3-7-20-11/h3-4,7,9-10H,5-6,8,15H2,1-2H3. The minimum atomic E-state index is -0.152. The first kappa shape index (κ1) is 16.1. The summed E-state index contributed by atoms with van der Waals surface area (Å²) in [6, 6.07) is 3.85. The number of methoxy groups -OCH3 is 1. The third-order valence-electron chi connectivity index (χ3n) is 2.91. The summed E-state index contributed by atoms with van der Waals surface area (Å²) >= 11 is 3.06. The SMILES string of the molecule is COCCN(Cc1cccs1)C(=O)c1csc(C(C)N)n1. The number of aromatic nitrogens is 1. The van der Waals surface area contributed by atoms with Crippen molar-refractivity contribution in [3.63, 3.8) is 0 Å². The van der Waals surface area contributed by atoms with Crippen LogP contribution in [0.3, 0.4) is 0 Å². The predicted molar refractivity (Wildman–Crippen MR) is 85.7 cm³/mol. The second kappa shape index (κ2) is 7.65. The fourth-order valence-electron chi connectivity index (χ4n) is 1.80. The van der Waals surface area contributed by atoms with Crippen LogP contribution in [0.4, 0.5) is 0 Å². The van der Waals surface area contributed by atoms with Crippen molar-refractivity contribution in [2.45, 2.75) is 19.5 Å². The van der Waals surface area contributed by atoms with Crippen molar-refractivity contribution in [1.82, 2.24) is 9.88 Å². The molecule has 21 heavy (non-hydrogen) atoms. The fraction of sp³-hybridized carbons (Fsp3) is 0.429. The summed E-state index contributed by atoms with van der Waals surface area (Å²) < 4.78 is 5.09. The molecule has 2 aromatic rings. The van der Waals surface area contributed by atoms with Gasteiger partial charge in [0.1, 0.15) is 10.7 Å². The maximum atomic E-state index is 12.6. The molecule has 0 aliphatic carbocycles. The van der Waals surface area contributed by atoms with E-state index in [4.69, 9.17) is 10.5 Å². The summed E-state index contributed by atoms with van der Waals surface area (Å²) in [5.41, 5.74) is 6.26. The van der Waals surface area contributed by atoms with Gasteiger partial charge >= 0.3 is 0 Å². The molecule has 1 unspecified atom stereocenters. The number of rotatable bonds is 7. The van der Waals surface area contributed by atoms with Gasteiger partial charge < -0.3 is 15.4 Å². The second-order valence-corrected chi connectivity index (χ2v) is 6.58. The molecule has 2 aromatic heterocycles. The summed E-state index contributed by atoms with van der Waals surface area (Å²) in [6.45, 7) is 3.48. The highest BCUT2D eigenvalue weighted by Gasteiger charge is 2.20. The molecule has 7 heteroatoms. The van der Waals surface area contributed by atoms with E-state index >= 15 is 0 Å². The number of carbonyl (C=O) groups is 1. The number of hydrogen-bond donors (Lipinski definition) is 1. The van der Waals surface area contributed by atoms with E-state index in [0.29, 0.717) is 25.4 Å². The third-order valence-corrected chi connectivity index (χ3v) is 4.82. The molecular formula is C14H19N3O2S2. The van der Waals surface area contributed by atoms with Crippen LogP contribution in [-0.2, 0) is 11.3 Å². The Labute approximate surface area is 132 Å². The first-order valence-electron chi connectivity index (χ1n) is 6.63. The lowest BCUT2D eigenvalue weighted by molar-refractivity contribution is 0.0677. The van der Waals surface area contributed by atoms with Gasteiger partial charge in [0.05, 0.1) is 19.2 Å². The van der Waals surface area contributed by atoms with Gasteiger partial charge in [-0.3, -0.25) is 4.79 Å². The molecule has 0 aliphatic heterocycles. The van der Waals surface area contributed by atoms with Gasteiger partial charge in [-0.15, -0.1) is 22.7 Å². The number of amides is 1. The van der Waals surface area contributed by atoms with Crippen LogP contribution in [0.25, 0.3) is 0 Å². The summed E-state index contributed by atoms with van der Waals surface area (Å²) in [5.74, 6) is -0.0800. The molecule has 2 N–H and O–H groups in total. The maximum absolute atomic E-state index is 12.6. The smallest absolute Gasteiger partial charge is 0.273 e. The number of carbonyl (C=O) groups excluding carboxylic acids is 1. The van der Waals surface area contributed by atoms with Crippen LogP contribution >= 0.6 is 22.7 Å². The van der Waals surface area contributed by atoms with Crippen LogP contribution in [0.5, 0.6) is 0 Å². The highest BCUT2D eigenvalue weighted by Crippen LogP contribution is 2.19. The Morgan fingerprint density at radius 2 is 2.33 bits per heavy atom. The van der Waals surface area contributed by atoms with Crippen molar-refractivity contribution >= 4 is 28.6 Å². The van der Waals surface area contributed by atoms with Crippen molar-refractivity contribution in [3.05, 3.63) is 38.5 Å². The van der Waals surface area contributed by atoms with Gasteiger partial charge in [0.15, 0.2) is 0 Å². The van der Waals surface area contributed by atoms with E-state index in [-0.39, 0.29) is 11.9 Å². The zero-order valence-corrected chi connectivity index (χ0v) is 13.7. The molecule has 0 aromatic carbocycles. The van der Waals surface area contributed by atoms with Crippen molar-refractivity contribution in [1.29, 1.82) is 0 Å². The van der Waals surface area contributed by atoms with Crippen LogP contribution < -0.4 is 5.73 Å². The number of ether oxygens (including phenoxy) is 1. The second-order valence-electron chi connectivity index (χ2n) is 4.66. The molecule has 114 valence electrons. The molecule has 0 fully saturated rings. The number of nitrogens with two attached hydrogens (primary N) is 1. The summed E-state index contributed by atoms with van der Waals surface area (Å²) in [4.78, 5) is 19.8. The summed E-state index contributed by atoms with van der Waals surface area (Å²) in [7, 11) is 1.63. The summed E-state index contributed by atoms with van der Waals surface area (Å²) in [5, 5.41) is 4.56. The van der Waals surface area contributed by atoms with Gasteiger partial charge in [0.25, 0.3) is 5.91 Å². The van der Waals surface area contributed by atoms with Crippen LogP contribution in [0.2, 0.25) is 0 Å². The van der Waals surface area contributed by atoms with Crippen LogP contribution in [0.1, 0.15) is 33.3 Å². The predicted octanol–water partition coefficient (Wildman–Crippen LogP) is 2.51. The molecule has 0 radical (unpaired) electrons. The summed E-state index contributed by atoms with van der Waals surface area (Å²) in [6.07, 6.45) is 0. The first-order chi connectivity index (χ1) is 10.1. The minimum absolute atomic E-state index is 0.0800. The molecule has 1 amide bonds. The van der Waals surface area contributed by atoms with Crippen LogP contribution in [0, 0.1) is 0 Å². The molecule has 0 aliphatic rings. The lowest BCUT2D eigenvalue weighted by atomic mass is 10.3. The largest absolute Gasteiger partial charge is 0.383 e. The monoisotopic (exact) mass is 325 g/mol. The zero-order valence-electron chi connectivity index (χ0n) is 12.1. The lowest BCUT2D eigenvalue weighted by Crippen LogP contribution is -2.33. The highest BCUT2D eigenvalue weighted by atomic mass is 32.1. The van der Waals surface area contributed by atoms with E-state index in [0.717, 1.165) is 9.88 Å². The Hall–Kier alpha value is -1.28. The van der Waals surface area contributed by atoms with Crippen LogP contribution in [-0.4, -0.2) is 36.1 Å². The van der Waals surface area contributed by atoms with Gasteiger partial charge in [-0.1, -0.05) is 6.07 Å². The van der Waals surface area contributed by atoms with Crippen molar-refractivity contribution in [2.75, 3.05) is 20.3 Å². The van der Waals surface area contributed by atoms with Gasteiger partial charge in [-0.2, -0.15) is 0 Å². The van der Waals surface area contributed by atoms with Gasteiger partial charge in [0.2, 0.25) is 0 Å². The number of thiazole rings is 1. The molecule has 0 bridgehead atoms. The first-order valence-corrected chi connectivity index (χ1v) is 8.39. The Balaban J connectivity index is 2.12. The van der Waals surface area contributed by atoms with E-state index in [2.05, 4.69) is 4.98 Å². The topological polar surface area (TPSA) is 68.5 Å². The molecule has 0 spiro atoms. The number of hydrogen-bond acceptors (Lipinski definition) is 6. The van der Waals surface area contributed by atoms with Crippen LogP contribution in [0.15, 0.2) is 22.9 Å². The Morgan fingerprint density at radius 3 is 2.90 bits per heavy atom. The molecule has 1 atom stereocenters. The van der Waals surface area contributed by atoms with Gasteiger partial charge in [-0.25, -0.2) is 4.98 Å². The van der Waals surface area contributed by atoms with Gasteiger partial charge in [0, 0.05) is 23.9 Å². The van der Waals surface area contributed by atoms with E-state index in [1.807, 2.05) is 24.4 Å². The van der Waals surface area contributed by atoms with E-state index in [9.17, 15) is 4.79 Å². The average Bonchev–Trinajstić information content (AvgIpc) is 3.13. The Kier molecular flexibility index (Phi) is 5.86. The van der Waals surface area contributed by atoms with Gasteiger partial charge in [-0.05, 0) is 18.4 Å². The van der Waals surface area contributed by atoms with E-state index in [1.54, 1.807) is 28.7 Å². The molecule has 2 rings (SSSR count). The molecule has 5 nitrogen and oxygen atoms in total. The normalized spacial score (nSPS) is 12.3. The molecular weight excluding hydrogens is 306 g/mol. The Bertz CT molecular complexity index is 567. The van der Waals surface area contributed by atoms with Crippen molar-refractivity contribution in [2.24, 2.45) is 5.73 Å². The molecule has 0 saturated heterocycles. The average molecular weight is 325 g/mol. The fourth-order valence-corrected chi connectivity index (χ4v) is 3.27. The maximum Gasteiger partial charge on any atom is 0.273 e. The molecule has 2 heterocycles. The highest BCUT2D eigenvalue weighted by molar-refractivity contribution is 7.10. The number of thiophene rings is 1. The molecule has 0 saturated carbocycles. The number of nitrogens with zero attached hydrogens (tertiary/aromatic N) is 2. The van der Waals surface area contributed by atoms with E-state index in [1.165, 1.54) is 11.3 Å². The van der Waals surface area contributed by atoms with Crippen molar-refractivity contribution < 1.29 is 9.53 Å². The third kappa shape index (κ3) is 4.34.